The van der Waals surface area contributed by atoms with Gasteiger partial charge >= 0.3 is 0 Å². The third-order valence-corrected chi connectivity index (χ3v) is 2.02. The first-order valence-electron chi connectivity index (χ1n) is 4.66. The van der Waals surface area contributed by atoms with E-state index in [2.05, 4.69) is 0 Å². The van der Waals surface area contributed by atoms with Crippen LogP contribution in [0, 0.1) is 0 Å². The van der Waals surface area contributed by atoms with Crippen LogP contribution in [0.15, 0.2) is 24.3 Å². The van der Waals surface area contributed by atoms with E-state index in [1.165, 1.54) is 13.8 Å². The molecule has 0 unspecified atom stereocenters. The van der Waals surface area contributed by atoms with E-state index in [9.17, 15) is 4.39 Å². The first-order valence-corrected chi connectivity index (χ1v) is 4.66. The number of hydrogen-bond donors (Lipinski definition) is 0. The van der Waals surface area contributed by atoms with Gasteiger partial charge in [0.15, 0.2) is 11.5 Å². The summed E-state index contributed by atoms with van der Waals surface area (Å²) in [5, 5.41) is 0. The third kappa shape index (κ3) is 1.97. The number of rotatable bonds is 2. The highest BCUT2D eigenvalue weighted by Crippen LogP contribution is 2.36. The first-order chi connectivity index (χ1) is 6.54. The fourth-order valence-corrected chi connectivity index (χ4v) is 1.43. The predicted octanol–water partition coefficient (Wildman–Crippen LogP) is 2.92. The molecule has 1 aromatic rings. The van der Waals surface area contributed by atoms with Crippen LogP contribution in [0.4, 0.5) is 4.39 Å². The Kier molecular flexibility index (Phi) is 2.10. The molecular formula is C11H13FO2. The molecule has 76 valence electrons. The van der Waals surface area contributed by atoms with Crippen molar-refractivity contribution in [2.24, 2.45) is 0 Å². The standard InChI is InChI=1S/C11H13FO2/c1-11(2,12)7-10-13-8-5-3-4-6-9(8)14-10/h3-6,10H,7H2,1-2H3. The van der Waals surface area contributed by atoms with Gasteiger partial charge in [-0.15, -0.1) is 0 Å². The number of alkyl halides is 1. The van der Waals surface area contributed by atoms with E-state index < -0.39 is 12.0 Å². The highest BCUT2D eigenvalue weighted by atomic mass is 19.1. The smallest absolute Gasteiger partial charge is 0.244 e. The van der Waals surface area contributed by atoms with E-state index in [1.54, 1.807) is 0 Å². The lowest BCUT2D eigenvalue weighted by atomic mass is 10.1. The molecule has 2 rings (SSSR count). The first kappa shape index (κ1) is 9.31. The minimum Gasteiger partial charge on any atom is -0.451 e. The van der Waals surface area contributed by atoms with Gasteiger partial charge in [0.25, 0.3) is 0 Å². The quantitative estimate of drug-likeness (QED) is 0.724. The molecule has 3 heteroatoms. The summed E-state index contributed by atoms with van der Waals surface area (Å²) in [5.74, 6) is 1.39. The summed E-state index contributed by atoms with van der Waals surface area (Å²) in [6.07, 6.45) is -0.255. The molecular weight excluding hydrogens is 183 g/mol. The molecule has 0 saturated heterocycles. The van der Waals surface area contributed by atoms with Gasteiger partial charge < -0.3 is 9.47 Å². The summed E-state index contributed by atoms with van der Waals surface area (Å²) in [6, 6.07) is 7.37. The molecule has 1 aromatic carbocycles. The number of fused-ring (bicyclic) bond motifs is 1. The zero-order valence-electron chi connectivity index (χ0n) is 8.29. The van der Waals surface area contributed by atoms with Gasteiger partial charge in [-0.2, -0.15) is 0 Å². The van der Waals surface area contributed by atoms with Gasteiger partial charge in [-0.1, -0.05) is 12.1 Å². The highest BCUT2D eigenvalue weighted by Gasteiger charge is 2.30. The number of hydrogen-bond acceptors (Lipinski definition) is 2. The van der Waals surface area contributed by atoms with Gasteiger partial charge in [-0.05, 0) is 26.0 Å². The van der Waals surface area contributed by atoms with Crippen molar-refractivity contribution < 1.29 is 13.9 Å². The minimum atomic E-state index is -1.27. The van der Waals surface area contributed by atoms with E-state index in [-0.39, 0.29) is 6.42 Å². The van der Waals surface area contributed by atoms with Crippen LogP contribution in [0.2, 0.25) is 0 Å². The van der Waals surface area contributed by atoms with E-state index in [4.69, 9.17) is 9.47 Å². The van der Waals surface area contributed by atoms with Crippen LogP contribution in [-0.4, -0.2) is 12.0 Å². The molecule has 0 bridgehead atoms. The molecule has 0 N–H and O–H groups in total. The Bertz CT molecular complexity index is 305. The molecule has 0 amide bonds. The van der Waals surface area contributed by atoms with Gasteiger partial charge in [0, 0.05) is 0 Å². The monoisotopic (exact) mass is 196 g/mol. The summed E-state index contributed by atoms with van der Waals surface area (Å²) < 4.78 is 24.1. The lowest BCUT2D eigenvalue weighted by molar-refractivity contribution is -0.000603. The van der Waals surface area contributed by atoms with E-state index in [0.717, 1.165) is 0 Å². The lowest BCUT2D eigenvalue weighted by Crippen LogP contribution is -2.27. The molecule has 0 spiro atoms. The molecule has 1 aliphatic heterocycles. The van der Waals surface area contributed by atoms with Crippen molar-refractivity contribution in [2.45, 2.75) is 32.2 Å². The van der Waals surface area contributed by atoms with Crippen molar-refractivity contribution in [3.05, 3.63) is 24.3 Å². The fourth-order valence-electron chi connectivity index (χ4n) is 1.43. The number of ether oxygens (including phenoxy) is 2. The number of benzene rings is 1. The molecule has 0 fully saturated rings. The third-order valence-electron chi connectivity index (χ3n) is 2.02. The summed E-state index contributed by atoms with van der Waals surface area (Å²) in [6.45, 7) is 3.03. The average molecular weight is 196 g/mol. The SMILES string of the molecule is CC(C)(F)CC1Oc2ccccc2O1. The van der Waals surface area contributed by atoms with Crippen molar-refractivity contribution >= 4 is 0 Å². The Morgan fingerprint density at radius 3 is 2.14 bits per heavy atom. The Morgan fingerprint density at radius 1 is 1.21 bits per heavy atom. The predicted molar refractivity (Wildman–Crippen MR) is 51.3 cm³/mol. The highest BCUT2D eigenvalue weighted by molar-refractivity contribution is 5.41. The molecule has 0 aliphatic carbocycles. The minimum absolute atomic E-state index is 0.238. The summed E-state index contributed by atoms with van der Waals surface area (Å²) in [5.41, 5.74) is -1.27. The zero-order valence-corrected chi connectivity index (χ0v) is 8.29. The number of para-hydroxylation sites is 2. The van der Waals surface area contributed by atoms with Gasteiger partial charge in [0.05, 0.1) is 6.42 Å². The maximum absolute atomic E-state index is 13.3. The van der Waals surface area contributed by atoms with Crippen molar-refractivity contribution in [2.75, 3.05) is 0 Å². The van der Waals surface area contributed by atoms with Crippen LogP contribution < -0.4 is 9.47 Å². The van der Waals surface area contributed by atoms with Crippen molar-refractivity contribution in [1.29, 1.82) is 0 Å². The maximum atomic E-state index is 13.3. The van der Waals surface area contributed by atoms with Crippen molar-refractivity contribution in [1.82, 2.24) is 0 Å². The Morgan fingerprint density at radius 2 is 1.71 bits per heavy atom. The Hall–Kier alpha value is -1.25. The van der Waals surface area contributed by atoms with E-state index in [1.807, 2.05) is 24.3 Å². The van der Waals surface area contributed by atoms with Gasteiger partial charge in [0.1, 0.15) is 5.67 Å². The van der Waals surface area contributed by atoms with Gasteiger partial charge in [-0.25, -0.2) is 4.39 Å². The van der Waals surface area contributed by atoms with Crippen LogP contribution in [0.1, 0.15) is 20.3 Å². The fraction of sp³-hybridized carbons (Fsp3) is 0.455. The van der Waals surface area contributed by atoms with Gasteiger partial charge in [-0.3, -0.25) is 0 Å². The molecule has 0 radical (unpaired) electrons. The Labute approximate surface area is 82.6 Å². The largest absolute Gasteiger partial charge is 0.451 e. The molecule has 14 heavy (non-hydrogen) atoms. The Balaban J connectivity index is 2.05. The van der Waals surface area contributed by atoms with E-state index in [0.29, 0.717) is 11.5 Å². The molecule has 0 saturated carbocycles. The zero-order chi connectivity index (χ0) is 10.2. The molecule has 2 nitrogen and oxygen atoms in total. The second-order valence-electron chi connectivity index (χ2n) is 4.03. The molecule has 0 atom stereocenters. The molecule has 1 heterocycles. The molecule has 1 aliphatic rings. The normalized spacial score (nSPS) is 15.9. The van der Waals surface area contributed by atoms with Crippen LogP contribution in [0.3, 0.4) is 0 Å². The summed E-state index contributed by atoms with van der Waals surface area (Å²) in [7, 11) is 0. The van der Waals surface area contributed by atoms with Crippen molar-refractivity contribution in [3.63, 3.8) is 0 Å². The summed E-state index contributed by atoms with van der Waals surface area (Å²) in [4.78, 5) is 0. The number of halogens is 1. The van der Waals surface area contributed by atoms with Gasteiger partial charge in [0.2, 0.25) is 6.29 Å². The van der Waals surface area contributed by atoms with Crippen LogP contribution in [-0.2, 0) is 0 Å². The topological polar surface area (TPSA) is 18.5 Å². The second-order valence-corrected chi connectivity index (χ2v) is 4.03. The van der Waals surface area contributed by atoms with Crippen LogP contribution >= 0.6 is 0 Å². The van der Waals surface area contributed by atoms with Crippen molar-refractivity contribution in [3.8, 4) is 11.5 Å². The lowest BCUT2D eigenvalue weighted by Gasteiger charge is -2.17. The maximum Gasteiger partial charge on any atom is 0.244 e. The van der Waals surface area contributed by atoms with Crippen LogP contribution in [0.25, 0.3) is 0 Å². The second kappa shape index (κ2) is 3.15. The molecule has 0 aromatic heterocycles. The van der Waals surface area contributed by atoms with E-state index >= 15 is 0 Å². The average Bonchev–Trinajstić information content (AvgIpc) is 2.42. The summed E-state index contributed by atoms with van der Waals surface area (Å²) >= 11 is 0. The van der Waals surface area contributed by atoms with Crippen LogP contribution in [0.5, 0.6) is 11.5 Å².